The molecule has 0 radical (unpaired) electrons. The third-order valence-corrected chi connectivity index (χ3v) is 2.88. The SMILES string of the molecule is CN(C)c1nc(=O)n(CCCN)c2ccccc12. The molecule has 0 aliphatic rings. The maximum atomic E-state index is 12.0. The monoisotopic (exact) mass is 246 g/mol. The van der Waals surface area contributed by atoms with Gasteiger partial charge in [-0.05, 0) is 25.1 Å². The van der Waals surface area contributed by atoms with Gasteiger partial charge in [-0.3, -0.25) is 4.57 Å². The quantitative estimate of drug-likeness (QED) is 0.867. The number of fused-ring (bicyclic) bond motifs is 1. The predicted molar refractivity (Wildman–Crippen MR) is 74.0 cm³/mol. The van der Waals surface area contributed by atoms with Gasteiger partial charge in [0.15, 0.2) is 0 Å². The first kappa shape index (κ1) is 12.6. The topological polar surface area (TPSA) is 64.2 Å². The van der Waals surface area contributed by atoms with E-state index in [2.05, 4.69) is 4.98 Å². The molecule has 0 atom stereocenters. The van der Waals surface area contributed by atoms with Crippen molar-refractivity contribution in [3.05, 3.63) is 34.7 Å². The number of aryl methyl sites for hydroxylation is 1. The molecular weight excluding hydrogens is 228 g/mol. The van der Waals surface area contributed by atoms with Crippen LogP contribution < -0.4 is 16.3 Å². The summed E-state index contributed by atoms with van der Waals surface area (Å²) in [7, 11) is 3.77. The molecule has 0 saturated carbocycles. The molecule has 0 spiro atoms. The van der Waals surface area contributed by atoms with Crippen LogP contribution in [0.5, 0.6) is 0 Å². The van der Waals surface area contributed by atoms with E-state index in [1.54, 1.807) is 4.57 Å². The predicted octanol–water partition coefficient (Wildman–Crippen LogP) is 0.811. The molecule has 0 fully saturated rings. The highest BCUT2D eigenvalue weighted by molar-refractivity contribution is 5.89. The number of para-hydroxylation sites is 1. The van der Waals surface area contributed by atoms with Crippen molar-refractivity contribution in [3.63, 3.8) is 0 Å². The Balaban J connectivity index is 2.69. The Kier molecular flexibility index (Phi) is 3.62. The van der Waals surface area contributed by atoms with Gasteiger partial charge in [0.25, 0.3) is 0 Å². The van der Waals surface area contributed by atoms with Gasteiger partial charge in [-0.25, -0.2) is 4.79 Å². The number of nitrogens with zero attached hydrogens (tertiary/aromatic N) is 3. The van der Waals surface area contributed by atoms with Gasteiger partial charge in [0.1, 0.15) is 5.82 Å². The van der Waals surface area contributed by atoms with Crippen molar-refractivity contribution in [1.82, 2.24) is 9.55 Å². The van der Waals surface area contributed by atoms with E-state index in [4.69, 9.17) is 5.73 Å². The molecule has 1 heterocycles. The van der Waals surface area contributed by atoms with Crippen molar-refractivity contribution in [2.75, 3.05) is 25.5 Å². The molecule has 0 unspecified atom stereocenters. The van der Waals surface area contributed by atoms with Crippen molar-refractivity contribution in [2.45, 2.75) is 13.0 Å². The third-order valence-electron chi connectivity index (χ3n) is 2.88. The molecule has 2 aromatic rings. The summed E-state index contributed by atoms with van der Waals surface area (Å²) in [5, 5.41) is 0.985. The summed E-state index contributed by atoms with van der Waals surface area (Å²) in [6.45, 7) is 1.17. The molecule has 0 saturated heterocycles. The van der Waals surface area contributed by atoms with Crippen LogP contribution in [0.2, 0.25) is 0 Å². The Hall–Kier alpha value is -1.88. The van der Waals surface area contributed by atoms with Gasteiger partial charge in [-0.2, -0.15) is 4.98 Å². The Morgan fingerprint density at radius 3 is 2.72 bits per heavy atom. The highest BCUT2D eigenvalue weighted by Crippen LogP contribution is 2.21. The van der Waals surface area contributed by atoms with Crippen LogP contribution >= 0.6 is 0 Å². The molecule has 1 aromatic carbocycles. The minimum Gasteiger partial charge on any atom is -0.362 e. The van der Waals surface area contributed by atoms with E-state index in [1.807, 2.05) is 43.3 Å². The zero-order chi connectivity index (χ0) is 13.1. The van der Waals surface area contributed by atoms with Gasteiger partial charge in [-0.1, -0.05) is 12.1 Å². The number of rotatable bonds is 4. The van der Waals surface area contributed by atoms with Crippen LogP contribution in [-0.4, -0.2) is 30.2 Å². The maximum Gasteiger partial charge on any atom is 0.350 e. The average Bonchev–Trinajstić information content (AvgIpc) is 2.36. The van der Waals surface area contributed by atoms with Crippen LogP contribution in [0.25, 0.3) is 10.9 Å². The van der Waals surface area contributed by atoms with Gasteiger partial charge in [0.05, 0.1) is 5.52 Å². The van der Waals surface area contributed by atoms with Crippen LogP contribution in [0.15, 0.2) is 29.1 Å². The van der Waals surface area contributed by atoms with E-state index >= 15 is 0 Å². The lowest BCUT2D eigenvalue weighted by Gasteiger charge is -2.16. The summed E-state index contributed by atoms with van der Waals surface area (Å²) in [5.41, 5.74) is 6.20. The van der Waals surface area contributed by atoms with Crippen molar-refractivity contribution in [1.29, 1.82) is 0 Å². The Labute approximate surface area is 106 Å². The smallest absolute Gasteiger partial charge is 0.350 e. The average molecular weight is 246 g/mol. The first-order valence-electron chi connectivity index (χ1n) is 6.02. The van der Waals surface area contributed by atoms with Crippen LogP contribution in [0.4, 0.5) is 5.82 Å². The van der Waals surface area contributed by atoms with Crippen molar-refractivity contribution >= 4 is 16.7 Å². The fourth-order valence-electron chi connectivity index (χ4n) is 2.02. The van der Waals surface area contributed by atoms with Crippen LogP contribution in [-0.2, 0) is 6.54 Å². The van der Waals surface area contributed by atoms with E-state index in [0.29, 0.717) is 18.9 Å². The lowest BCUT2D eigenvalue weighted by Crippen LogP contribution is -2.27. The molecule has 18 heavy (non-hydrogen) atoms. The zero-order valence-corrected chi connectivity index (χ0v) is 10.8. The van der Waals surface area contributed by atoms with Crippen LogP contribution in [0.1, 0.15) is 6.42 Å². The van der Waals surface area contributed by atoms with Gasteiger partial charge in [-0.15, -0.1) is 0 Å². The summed E-state index contributed by atoms with van der Waals surface area (Å²) in [6, 6.07) is 7.81. The molecule has 0 aliphatic carbocycles. The third kappa shape index (κ3) is 2.22. The number of nitrogens with two attached hydrogens (primary N) is 1. The second-order valence-corrected chi connectivity index (χ2v) is 4.42. The second-order valence-electron chi connectivity index (χ2n) is 4.42. The standard InChI is InChI=1S/C13H18N4O/c1-16(2)12-10-6-3-4-7-11(10)17(9-5-8-14)13(18)15-12/h3-4,6-7H,5,8-9,14H2,1-2H3. The highest BCUT2D eigenvalue weighted by Gasteiger charge is 2.10. The minimum absolute atomic E-state index is 0.217. The lowest BCUT2D eigenvalue weighted by molar-refractivity contribution is 0.635. The Morgan fingerprint density at radius 1 is 1.33 bits per heavy atom. The first-order valence-corrected chi connectivity index (χ1v) is 6.02. The normalized spacial score (nSPS) is 10.8. The van der Waals surface area contributed by atoms with E-state index < -0.39 is 0 Å². The number of benzene rings is 1. The molecule has 0 bridgehead atoms. The van der Waals surface area contributed by atoms with Crippen molar-refractivity contribution in [2.24, 2.45) is 5.73 Å². The molecule has 0 amide bonds. The first-order chi connectivity index (χ1) is 8.65. The highest BCUT2D eigenvalue weighted by atomic mass is 16.1. The van der Waals surface area contributed by atoms with E-state index in [9.17, 15) is 4.79 Å². The molecule has 0 aliphatic heterocycles. The number of anilines is 1. The van der Waals surface area contributed by atoms with E-state index in [1.165, 1.54) is 0 Å². The van der Waals surface area contributed by atoms with Gasteiger partial charge < -0.3 is 10.6 Å². The zero-order valence-electron chi connectivity index (χ0n) is 10.8. The lowest BCUT2D eigenvalue weighted by atomic mass is 10.2. The maximum absolute atomic E-state index is 12.0. The molecule has 2 N–H and O–H groups in total. The summed E-state index contributed by atoms with van der Waals surface area (Å²) in [5.74, 6) is 0.708. The fourth-order valence-corrected chi connectivity index (χ4v) is 2.02. The van der Waals surface area contributed by atoms with Crippen LogP contribution in [0, 0.1) is 0 Å². The van der Waals surface area contributed by atoms with E-state index in [-0.39, 0.29) is 5.69 Å². The van der Waals surface area contributed by atoms with Crippen molar-refractivity contribution < 1.29 is 0 Å². The van der Waals surface area contributed by atoms with Gasteiger partial charge in [0, 0.05) is 26.0 Å². The molecule has 2 rings (SSSR count). The summed E-state index contributed by atoms with van der Waals surface area (Å²) >= 11 is 0. The van der Waals surface area contributed by atoms with Gasteiger partial charge in [0.2, 0.25) is 0 Å². The molecule has 5 nitrogen and oxygen atoms in total. The number of hydrogen-bond acceptors (Lipinski definition) is 4. The summed E-state index contributed by atoms with van der Waals surface area (Å²) in [6.07, 6.45) is 0.771. The van der Waals surface area contributed by atoms with Crippen molar-refractivity contribution in [3.8, 4) is 0 Å². The van der Waals surface area contributed by atoms with Gasteiger partial charge >= 0.3 is 5.69 Å². The summed E-state index contributed by atoms with van der Waals surface area (Å²) < 4.78 is 1.69. The number of aromatic nitrogens is 2. The summed E-state index contributed by atoms with van der Waals surface area (Å²) in [4.78, 5) is 18.1. The fraction of sp³-hybridized carbons (Fsp3) is 0.385. The Bertz CT molecular complexity index is 603. The molecule has 96 valence electrons. The van der Waals surface area contributed by atoms with E-state index in [0.717, 1.165) is 17.3 Å². The minimum atomic E-state index is -0.217. The largest absolute Gasteiger partial charge is 0.362 e. The molecule has 1 aromatic heterocycles. The van der Waals surface area contributed by atoms with Crippen LogP contribution in [0.3, 0.4) is 0 Å². The Morgan fingerprint density at radius 2 is 2.06 bits per heavy atom. The molecule has 5 heteroatoms. The number of hydrogen-bond donors (Lipinski definition) is 1. The second kappa shape index (κ2) is 5.18. The molecular formula is C13H18N4O.